The van der Waals surface area contributed by atoms with Crippen molar-refractivity contribution >= 4 is 7.12 Å². The summed E-state index contributed by atoms with van der Waals surface area (Å²) in [6.45, 7) is 2.79. The largest absolute Gasteiger partial charge is 0.453 e. The van der Waals surface area contributed by atoms with Crippen molar-refractivity contribution in [2.24, 2.45) is 0 Å². The van der Waals surface area contributed by atoms with E-state index in [4.69, 9.17) is 28.3 Å². The molecule has 3 saturated heterocycles. The molecule has 3 aliphatic heterocycles. The van der Waals surface area contributed by atoms with E-state index in [1.165, 1.54) is 0 Å². The maximum Gasteiger partial charge on any atom is 0.453 e. The second-order valence-corrected chi connectivity index (χ2v) is 7.27. The molecule has 146 valence electrons. The molecular weight excluding hydrogens is 359 g/mol. The lowest BCUT2D eigenvalue weighted by Crippen LogP contribution is -2.58. The minimum absolute atomic E-state index is 0.216. The zero-order valence-corrected chi connectivity index (χ0v) is 15.7. The summed E-state index contributed by atoms with van der Waals surface area (Å²) >= 11 is 0. The third-order valence-electron chi connectivity index (χ3n) is 5.33. The number of fused-ring (bicyclic) bond motifs is 1. The number of ether oxygens (including phenoxy) is 4. The summed E-state index contributed by atoms with van der Waals surface area (Å²) in [5.41, 5.74) is 1.94. The number of benzene rings is 2. The topological polar surface area (TPSA) is 55.4 Å². The molecule has 0 aliphatic carbocycles. The summed E-state index contributed by atoms with van der Waals surface area (Å²) in [5, 5.41) is 0. The van der Waals surface area contributed by atoms with E-state index in [0.29, 0.717) is 13.2 Å². The van der Waals surface area contributed by atoms with Crippen molar-refractivity contribution in [3.05, 3.63) is 71.8 Å². The normalized spacial score (nSPS) is 35.5. The van der Waals surface area contributed by atoms with Gasteiger partial charge in [-0.15, -0.1) is 0 Å². The third-order valence-corrected chi connectivity index (χ3v) is 5.33. The molecule has 5 rings (SSSR count). The SMILES string of the molecule is CB1OCC(C2OC(c3ccccc3)OC3COC(c4ccccc4)OC32)O1. The van der Waals surface area contributed by atoms with Crippen molar-refractivity contribution in [2.45, 2.75) is 43.8 Å². The number of hydrogen-bond donors (Lipinski definition) is 0. The van der Waals surface area contributed by atoms with E-state index in [1.54, 1.807) is 0 Å². The van der Waals surface area contributed by atoms with Gasteiger partial charge in [0.15, 0.2) is 12.6 Å². The van der Waals surface area contributed by atoms with Gasteiger partial charge >= 0.3 is 7.12 Å². The van der Waals surface area contributed by atoms with E-state index in [2.05, 4.69) is 0 Å². The molecule has 6 atom stereocenters. The highest BCUT2D eigenvalue weighted by atomic mass is 16.8. The average molecular weight is 382 g/mol. The van der Waals surface area contributed by atoms with Crippen molar-refractivity contribution < 1.29 is 28.3 Å². The van der Waals surface area contributed by atoms with Gasteiger partial charge in [0.05, 0.1) is 19.3 Å². The van der Waals surface area contributed by atoms with Gasteiger partial charge in [-0.3, -0.25) is 0 Å². The molecule has 0 bridgehead atoms. The van der Waals surface area contributed by atoms with E-state index in [9.17, 15) is 0 Å². The van der Waals surface area contributed by atoms with Gasteiger partial charge in [0.1, 0.15) is 18.3 Å². The van der Waals surface area contributed by atoms with E-state index in [0.717, 1.165) is 11.1 Å². The van der Waals surface area contributed by atoms with Crippen molar-refractivity contribution in [3.8, 4) is 0 Å². The average Bonchev–Trinajstić information content (AvgIpc) is 3.20. The lowest BCUT2D eigenvalue weighted by Gasteiger charge is -2.47. The standard InChI is InChI=1S/C21H23BO6/c1-22-24-13-17(28-22)19-18-16(25-21(27-19)15-10-6-3-7-11-15)12-23-20(26-18)14-8-4-2-5-9-14/h2-11,16-21H,12-13H2,1H3. The molecule has 0 spiro atoms. The van der Waals surface area contributed by atoms with Crippen LogP contribution in [-0.4, -0.2) is 44.7 Å². The monoisotopic (exact) mass is 382 g/mol. The van der Waals surface area contributed by atoms with Gasteiger partial charge in [0, 0.05) is 11.1 Å². The van der Waals surface area contributed by atoms with Gasteiger partial charge in [-0.2, -0.15) is 0 Å². The summed E-state index contributed by atoms with van der Waals surface area (Å²) in [5.74, 6) is 0. The maximum atomic E-state index is 6.35. The predicted molar refractivity (Wildman–Crippen MR) is 101 cm³/mol. The van der Waals surface area contributed by atoms with E-state index >= 15 is 0 Å². The van der Waals surface area contributed by atoms with E-state index in [1.807, 2.05) is 67.5 Å². The minimum Gasteiger partial charge on any atom is -0.409 e. The second kappa shape index (κ2) is 7.95. The first kappa shape index (κ1) is 18.3. The Bertz CT molecular complexity index is 775. The highest BCUT2D eigenvalue weighted by Crippen LogP contribution is 2.40. The van der Waals surface area contributed by atoms with Crippen molar-refractivity contribution in [2.75, 3.05) is 13.2 Å². The molecule has 28 heavy (non-hydrogen) atoms. The zero-order chi connectivity index (χ0) is 18.9. The van der Waals surface area contributed by atoms with Crippen molar-refractivity contribution in [1.29, 1.82) is 0 Å². The van der Waals surface area contributed by atoms with Crippen LogP contribution in [-0.2, 0) is 28.3 Å². The van der Waals surface area contributed by atoms with Crippen LogP contribution in [0.25, 0.3) is 0 Å². The summed E-state index contributed by atoms with van der Waals surface area (Å²) in [6.07, 6.45) is -2.03. The van der Waals surface area contributed by atoms with Crippen molar-refractivity contribution in [3.63, 3.8) is 0 Å². The fourth-order valence-corrected chi connectivity index (χ4v) is 3.94. The molecule has 2 aromatic rings. The molecule has 0 amide bonds. The van der Waals surface area contributed by atoms with Crippen LogP contribution in [0.15, 0.2) is 60.7 Å². The first-order valence-electron chi connectivity index (χ1n) is 9.73. The summed E-state index contributed by atoms with van der Waals surface area (Å²) in [7, 11) is -0.255. The van der Waals surface area contributed by atoms with Gasteiger partial charge in [0.25, 0.3) is 0 Å². The molecule has 0 saturated carbocycles. The third kappa shape index (κ3) is 3.62. The Morgan fingerprint density at radius 2 is 1.32 bits per heavy atom. The molecule has 0 aromatic heterocycles. The van der Waals surface area contributed by atoms with Gasteiger partial charge in [-0.25, -0.2) is 0 Å². The summed E-state index contributed by atoms with van der Waals surface area (Å²) in [4.78, 5) is 0. The zero-order valence-electron chi connectivity index (χ0n) is 15.7. The van der Waals surface area contributed by atoms with Gasteiger partial charge in [-0.05, 0) is 6.82 Å². The number of hydrogen-bond acceptors (Lipinski definition) is 6. The molecule has 7 heteroatoms. The van der Waals surface area contributed by atoms with Crippen LogP contribution in [0.1, 0.15) is 23.7 Å². The van der Waals surface area contributed by atoms with Crippen LogP contribution in [0.5, 0.6) is 0 Å². The lowest BCUT2D eigenvalue weighted by molar-refractivity contribution is -0.371. The van der Waals surface area contributed by atoms with Crippen LogP contribution in [0.4, 0.5) is 0 Å². The van der Waals surface area contributed by atoms with Gasteiger partial charge in [0.2, 0.25) is 0 Å². The van der Waals surface area contributed by atoms with Crippen LogP contribution < -0.4 is 0 Å². The Morgan fingerprint density at radius 1 is 0.714 bits per heavy atom. The Kier molecular flexibility index (Phi) is 5.19. The smallest absolute Gasteiger partial charge is 0.409 e. The maximum absolute atomic E-state index is 6.35. The molecule has 3 fully saturated rings. The molecule has 6 unspecified atom stereocenters. The quantitative estimate of drug-likeness (QED) is 0.761. The highest BCUT2D eigenvalue weighted by Gasteiger charge is 2.50. The molecule has 3 aliphatic rings. The second-order valence-electron chi connectivity index (χ2n) is 7.27. The highest BCUT2D eigenvalue weighted by molar-refractivity contribution is 6.43. The Balaban J connectivity index is 1.40. The molecular formula is C21H23BO6. The molecule has 6 nitrogen and oxygen atoms in total. The first-order chi connectivity index (χ1) is 13.8. The Labute approximate surface area is 164 Å². The van der Waals surface area contributed by atoms with Gasteiger partial charge in [-0.1, -0.05) is 60.7 Å². The van der Waals surface area contributed by atoms with Crippen molar-refractivity contribution in [1.82, 2.24) is 0 Å². The Morgan fingerprint density at radius 3 is 1.96 bits per heavy atom. The molecule has 0 radical (unpaired) electrons. The van der Waals surface area contributed by atoms with Gasteiger partial charge < -0.3 is 28.3 Å². The Hall–Kier alpha value is -1.74. The summed E-state index contributed by atoms with van der Waals surface area (Å²) < 4.78 is 36.4. The fourth-order valence-electron chi connectivity index (χ4n) is 3.94. The molecule has 2 aromatic carbocycles. The fraction of sp³-hybridized carbons (Fsp3) is 0.429. The minimum atomic E-state index is -0.493. The molecule has 0 N–H and O–H groups in total. The van der Waals surface area contributed by atoms with Crippen LogP contribution >= 0.6 is 0 Å². The van der Waals surface area contributed by atoms with E-state index in [-0.39, 0.29) is 31.5 Å². The van der Waals surface area contributed by atoms with Crippen LogP contribution in [0.2, 0.25) is 6.82 Å². The predicted octanol–water partition coefficient (Wildman–Crippen LogP) is 3.12. The van der Waals surface area contributed by atoms with E-state index < -0.39 is 12.6 Å². The first-order valence-corrected chi connectivity index (χ1v) is 9.73. The summed E-state index contributed by atoms with van der Waals surface area (Å²) in [6, 6.07) is 19.8. The van der Waals surface area contributed by atoms with Crippen LogP contribution in [0, 0.1) is 0 Å². The lowest BCUT2D eigenvalue weighted by atomic mass is 9.96. The number of rotatable bonds is 3. The van der Waals surface area contributed by atoms with Crippen LogP contribution in [0.3, 0.4) is 0 Å². The molecule has 3 heterocycles.